The highest BCUT2D eigenvalue weighted by Crippen LogP contribution is 2.17. The topological polar surface area (TPSA) is 52.6 Å². The molecule has 0 aliphatic rings. The quantitative estimate of drug-likeness (QED) is 0.595. The molecule has 21 heavy (non-hydrogen) atoms. The minimum absolute atomic E-state index is 0.394. The van der Waals surface area contributed by atoms with Gasteiger partial charge >= 0.3 is 0 Å². The van der Waals surface area contributed by atoms with Crippen molar-refractivity contribution >= 4 is 10.9 Å². The number of aromatic nitrogens is 1. The molecule has 3 aromatic rings. The van der Waals surface area contributed by atoms with E-state index < -0.39 is 6.10 Å². The lowest BCUT2D eigenvalue weighted by atomic mass is 10.1. The average Bonchev–Trinajstić information content (AvgIpc) is 2.95. The van der Waals surface area contributed by atoms with E-state index in [-0.39, 0.29) is 0 Å². The van der Waals surface area contributed by atoms with Gasteiger partial charge in [-0.2, -0.15) is 0 Å². The van der Waals surface area contributed by atoms with Crippen molar-refractivity contribution in [1.29, 1.82) is 0 Å². The van der Waals surface area contributed by atoms with Gasteiger partial charge in [0.05, 0.1) is 6.54 Å². The second-order valence-corrected chi connectivity index (χ2v) is 5.35. The Hall–Kier alpha value is -2.10. The Bertz CT molecular complexity index is 691. The fourth-order valence-corrected chi connectivity index (χ4v) is 2.68. The lowest BCUT2D eigenvalue weighted by Crippen LogP contribution is -2.85. The Kier molecular flexibility index (Phi) is 4.34. The van der Waals surface area contributed by atoms with Crippen molar-refractivity contribution in [3.63, 3.8) is 0 Å². The van der Waals surface area contributed by atoms with Crippen molar-refractivity contribution in [1.82, 2.24) is 4.98 Å². The van der Waals surface area contributed by atoms with E-state index in [2.05, 4.69) is 34.7 Å². The zero-order valence-corrected chi connectivity index (χ0v) is 12.0. The number of H-pyrrole nitrogens is 1. The van der Waals surface area contributed by atoms with Gasteiger partial charge in [-0.05, 0) is 17.2 Å². The number of hydrogen-bond donors (Lipinski definition) is 3. The number of para-hydroxylation sites is 1. The predicted octanol–water partition coefficient (Wildman–Crippen LogP) is 2.01. The minimum atomic E-state index is -0.394. The molecule has 1 aromatic heterocycles. The Morgan fingerprint density at radius 1 is 1.00 bits per heavy atom. The molecule has 0 radical (unpaired) electrons. The maximum Gasteiger partial charge on any atom is 0.128 e. The number of nitrogens with one attached hydrogen (secondary N) is 1. The molecule has 0 spiro atoms. The molecule has 0 unspecified atom stereocenters. The predicted molar refractivity (Wildman–Crippen MR) is 85.1 cm³/mol. The van der Waals surface area contributed by atoms with Crippen LogP contribution >= 0.6 is 0 Å². The van der Waals surface area contributed by atoms with E-state index in [1.807, 2.05) is 36.4 Å². The molecule has 1 heterocycles. The summed E-state index contributed by atoms with van der Waals surface area (Å²) in [7, 11) is 0. The van der Waals surface area contributed by atoms with Crippen molar-refractivity contribution in [3.05, 3.63) is 71.9 Å². The molecule has 0 saturated heterocycles. The van der Waals surface area contributed by atoms with E-state index >= 15 is 0 Å². The molecule has 0 aliphatic heterocycles. The SMILES string of the molecule is O[C@@H](C[NH2+]CCc1c[nH]c2ccccc12)c1ccccc1. The Balaban J connectivity index is 1.50. The normalized spacial score (nSPS) is 12.6. The Morgan fingerprint density at radius 2 is 1.76 bits per heavy atom. The number of hydrogen-bond acceptors (Lipinski definition) is 1. The van der Waals surface area contributed by atoms with Crippen molar-refractivity contribution in [2.24, 2.45) is 0 Å². The maximum atomic E-state index is 10.1. The summed E-state index contributed by atoms with van der Waals surface area (Å²) in [6, 6.07) is 18.2. The minimum Gasteiger partial charge on any atom is -0.382 e. The fourth-order valence-electron chi connectivity index (χ4n) is 2.68. The maximum absolute atomic E-state index is 10.1. The monoisotopic (exact) mass is 281 g/mol. The van der Waals surface area contributed by atoms with E-state index in [4.69, 9.17) is 0 Å². The molecule has 0 bridgehead atoms. The third-order valence-electron chi connectivity index (χ3n) is 3.87. The van der Waals surface area contributed by atoms with Crippen LogP contribution in [0.15, 0.2) is 60.8 Å². The largest absolute Gasteiger partial charge is 0.382 e. The first kappa shape index (κ1) is 13.9. The first-order chi connectivity index (χ1) is 10.3. The molecule has 4 N–H and O–H groups in total. The lowest BCUT2D eigenvalue weighted by molar-refractivity contribution is -0.661. The molecule has 0 aliphatic carbocycles. The van der Waals surface area contributed by atoms with Crippen LogP contribution < -0.4 is 5.32 Å². The zero-order valence-electron chi connectivity index (χ0n) is 12.0. The summed E-state index contributed by atoms with van der Waals surface area (Å²) in [5.74, 6) is 0. The van der Waals surface area contributed by atoms with E-state index in [9.17, 15) is 5.11 Å². The first-order valence-corrected chi connectivity index (χ1v) is 7.44. The van der Waals surface area contributed by atoms with Crippen LogP contribution in [0.3, 0.4) is 0 Å². The molecule has 0 fully saturated rings. The van der Waals surface area contributed by atoms with Gasteiger partial charge in [0, 0.05) is 23.5 Å². The Labute approximate surface area is 124 Å². The third-order valence-corrected chi connectivity index (χ3v) is 3.87. The van der Waals surface area contributed by atoms with Gasteiger partial charge in [-0.1, -0.05) is 48.5 Å². The standard InChI is InChI=1S/C18H20N2O/c21-18(14-6-2-1-3-7-14)13-19-11-10-15-12-20-17-9-5-4-8-16(15)17/h1-9,12,18-21H,10-11,13H2/p+1/t18-/m0/s1. The second kappa shape index (κ2) is 6.57. The van der Waals surface area contributed by atoms with Crippen LogP contribution in [-0.4, -0.2) is 23.2 Å². The first-order valence-electron chi connectivity index (χ1n) is 7.44. The second-order valence-electron chi connectivity index (χ2n) is 5.35. The summed E-state index contributed by atoms with van der Waals surface area (Å²) in [5.41, 5.74) is 3.52. The van der Waals surface area contributed by atoms with Crippen LogP contribution in [0.1, 0.15) is 17.2 Å². The van der Waals surface area contributed by atoms with Crippen LogP contribution in [0.2, 0.25) is 0 Å². The fraction of sp³-hybridized carbons (Fsp3) is 0.222. The summed E-state index contributed by atoms with van der Waals surface area (Å²) < 4.78 is 0. The number of aliphatic hydroxyl groups excluding tert-OH is 1. The smallest absolute Gasteiger partial charge is 0.128 e. The highest BCUT2D eigenvalue weighted by atomic mass is 16.3. The third kappa shape index (κ3) is 3.32. The highest BCUT2D eigenvalue weighted by molar-refractivity contribution is 5.82. The van der Waals surface area contributed by atoms with Crippen molar-refractivity contribution in [2.75, 3.05) is 13.1 Å². The molecule has 1 atom stereocenters. The number of benzene rings is 2. The van der Waals surface area contributed by atoms with Crippen LogP contribution in [0, 0.1) is 0 Å². The van der Waals surface area contributed by atoms with E-state index in [0.717, 1.165) is 18.5 Å². The van der Waals surface area contributed by atoms with Gasteiger partial charge in [0.25, 0.3) is 0 Å². The van der Waals surface area contributed by atoms with Gasteiger partial charge in [0.15, 0.2) is 0 Å². The molecule has 108 valence electrons. The lowest BCUT2D eigenvalue weighted by Gasteiger charge is -2.09. The van der Waals surface area contributed by atoms with Crippen LogP contribution in [-0.2, 0) is 6.42 Å². The number of rotatable bonds is 6. The number of aliphatic hydroxyl groups is 1. The number of nitrogens with two attached hydrogens (primary N) is 1. The van der Waals surface area contributed by atoms with Crippen LogP contribution in [0.5, 0.6) is 0 Å². The van der Waals surface area contributed by atoms with Gasteiger partial charge < -0.3 is 15.4 Å². The van der Waals surface area contributed by atoms with Crippen molar-refractivity contribution in [2.45, 2.75) is 12.5 Å². The summed E-state index contributed by atoms with van der Waals surface area (Å²) in [4.78, 5) is 3.30. The molecular formula is C18H21N2O+. The summed E-state index contributed by atoms with van der Waals surface area (Å²) in [6.07, 6.45) is 2.70. The molecule has 2 aromatic carbocycles. The molecule has 3 nitrogen and oxygen atoms in total. The number of quaternary nitrogens is 1. The molecule has 3 rings (SSSR count). The van der Waals surface area contributed by atoms with Crippen molar-refractivity contribution in [3.8, 4) is 0 Å². The number of aromatic amines is 1. The summed E-state index contributed by atoms with van der Waals surface area (Å²) in [6.45, 7) is 1.68. The van der Waals surface area contributed by atoms with Crippen LogP contribution in [0.4, 0.5) is 0 Å². The molecular weight excluding hydrogens is 260 g/mol. The van der Waals surface area contributed by atoms with Gasteiger partial charge in [0.2, 0.25) is 0 Å². The van der Waals surface area contributed by atoms with E-state index in [1.54, 1.807) is 0 Å². The molecule has 0 amide bonds. The summed E-state index contributed by atoms with van der Waals surface area (Å²) in [5, 5.41) is 13.6. The Morgan fingerprint density at radius 3 is 2.62 bits per heavy atom. The van der Waals surface area contributed by atoms with Gasteiger partial charge in [0.1, 0.15) is 12.6 Å². The highest BCUT2D eigenvalue weighted by Gasteiger charge is 2.09. The van der Waals surface area contributed by atoms with Gasteiger partial charge in [-0.3, -0.25) is 0 Å². The van der Waals surface area contributed by atoms with E-state index in [0.29, 0.717) is 6.54 Å². The molecule has 0 saturated carbocycles. The van der Waals surface area contributed by atoms with Crippen LogP contribution in [0.25, 0.3) is 10.9 Å². The number of fused-ring (bicyclic) bond motifs is 1. The van der Waals surface area contributed by atoms with Crippen molar-refractivity contribution < 1.29 is 10.4 Å². The zero-order chi connectivity index (χ0) is 14.5. The van der Waals surface area contributed by atoms with Gasteiger partial charge in [-0.25, -0.2) is 0 Å². The summed E-state index contributed by atoms with van der Waals surface area (Å²) >= 11 is 0. The van der Waals surface area contributed by atoms with Gasteiger partial charge in [-0.15, -0.1) is 0 Å². The average molecular weight is 281 g/mol. The van der Waals surface area contributed by atoms with E-state index in [1.165, 1.54) is 16.5 Å². The molecule has 3 heteroatoms.